The summed E-state index contributed by atoms with van der Waals surface area (Å²) in [7, 11) is 1.65. The lowest BCUT2D eigenvalue weighted by molar-refractivity contribution is 0.146. The molecule has 0 saturated carbocycles. The van der Waals surface area contributed by atoms with Crippen LogP contribution in [0.5, 0.6) is 5.75 Å². The summed E-state index contributed by atoms with van der Waals surface area (Å²) in [6, 6.07) is 5.80. The molecular weight excluding hydrogens is 228 g/mol. The molecule has 0 unspecified atom stereocenters. The fraction of sp³-hybridized carbons (Fsp3) is 0.286. The summed E-state index contributed by atoms with van der Waals surface area (Å²) in [4.78, 5) is 8.51. The van der Waals surface area contributed by atoms with Crippen molar-refractivity contribution in [1.82, 2.24) is 9.97 Å². The third-order valence-electron chi connectivity index (χ3n) is 2.58. The van der Waals surface area contributed by atoms with Gasteiger partial charge in [-0.1, -0.05) is 6.08 Å². The molecular formula is C14H16N2O2. The number of ether oxygens (including phenoxy) is 2. The molecule has 4 heteroatoms. The first-order valence-corrected chi connectivity index (χ1v) is 5.81. The molecule has 0 aliphatic carbocycles. The number of methoxy groups -OCH3 is 1. The molecule has 1 heterocycles. The third kappa shape index (κ3) is 2.84. The minimum absolute atomic E-state index is 0.534. The molecule has 2 rings (SSSR count). The van der Waals surface area contributed by atoms with E-state index in [0.29, 0.717) is 13.2 Å². The van der Waals surface area contributed by atoms with Crippen molar-refractivity contribution >= 4 is 10.9 Å². The van der Waals surface area contributed by atoms with Crippen LogP contribution in [0.3, 0.4) is 0 Å². The van der Waals surface area contributed by atoms with E-state index >= 15 is 0 Å². The summed E-state index contributed by atoms with van der Waals surface area (Å²) < 4.78 is 10.5. The monoisotopic (exact) mass is 244 g/mol. The number of aromatic nitrogens is 2. The van der Waals surface area contributed by atoms with E-state index in [1.165, 1.54) is 0 Å². The largest absolute Gasteiger partial charge is 0.491 e. The first-order chi connectivity index (χ1) is 8.85. The van der Waals surface area contributed by atoms with Crippen molar-refractivity contribution in [2.75, 3.05) is 20.3 Å². The Hall–Kier alpha value is -1.94. The molecule has 0 atom stereocenters. The van der Waals surface area contributed by atoms with Crippen LogP contribution in [-0.4, -0.2) is 30.3 Å². The van der Waals surface area contributed by atoms with Crippen molar-refractivity contribution in [3.63, 3.8) is 0 Å². The van der Waals surface area contributed by atoms with Gasteiger partial charge in [-0.05, 0) is 18.2 Å². The standard InChI is InChI=1S/C14H16N2O2/c1-3-4-13-12-9-11(18-8-7-17-2)5-6-14(12)16-10-15-13/h3,5-6,9-10H,1,4,7-8H2,2H3. The van der Waals surface area contributed by atoms with Gasteiger partial charge in [-0.25, -0.2) is 9.97 Å². The lowest BCUT2D eigenvalue weighted by Gasteiger charge is -2.08. The maximum atomic E-state index is 5.58. The second-order valence-corrected chi connectivity index (χ2v) is 3.83. The van der Waals surface area contributed by atoms with Gasteiger partial charge in [0.05, 0.1) is 17.8 Å². The topological polar surface area (TPSA) is 44.2 Å². The summed E-state index contributed by atoms with van der Waals surface area (Å²) in [5, 5.41) is 1.01. The highest BCUT2D eigenvalue weighted by Gasteiger charge is 2.04. The minimum Gasteiger partial charge on any atom is -0.491 e. The summed E-state index contributed by atoms with van der Waals surface area (Å²) in [5.41, 5.74) is 1.88. The highest BCUT2D eigenvalue weighted by atomic mass is 16.5. The molecule has 4 nitrogen and oxygen atoms in total. The molecule has 0 fully saturated rings. The highest BCUT2D eigenvalue weighted by molar-refractivity contribution is 5.82. The van der Waals surface area contributed by atoms with Crippen LogP contribution < -0.4 is 4.74 Å². The molecule has 1 aromatic carbocycles. The molecule has 0 N–H and O–H groups in total. The molecule has 0 aliphatic heterocycles. The number of rotatable bonds is 6. The summed E-state index contributed by atoms with van der Waals surface area (Å²) in [6.45, 7) is 4.84. The number of allylic oxidation sites excluding steroid dienone is 1. The van der Waals surface area contributed by atoms with Crippen LogP contribution in [0, 0.1) is 0 Å². The summed E-state index contributed by atoms with van der Waals surface area (Å²) in [6.07, 6.45) is 4.13. The van der Waals surface area contributed by atoms with Crippen molar-refractivity contribution < 1.29 is 9.47 Å². The summed E-state index contributed by atoms with van der Waals surface area (Å²) >= 11 is 0. The van der Waals surface area contributed by atoms with Crippen molar-refractivity contribution in [1.29, 1.82) is 0 Å². The van der Waals surface area contributed by atoms with Crippen LogP contribution in [0.1, 0.15) is 5.69 Å². The molecule has 0 radical (unpaired) electrons. The zero-order valence-corrected chi connectivity index (χ0v) is 10.4. The third-order valence-corrected chi connectivity index (χ3v) is 2.58. The lowest BCUT2D eigenvalue weighted by atomic mass is 10.1. The first kappa shape index (κ1) is 12.5. The van der Waals surface area contributed by atoms with Crippen molar-refractivity contribution in [2.45, 2.75) is 6.42 Å². The van der Waals surface area contributed by atoms with Crippen molar-refractivity contribution in [3.8, 4) is 5.75 Å². The Morgan fingerprint density at radius 1 is 1.28 bits per heavy atom. The molecule has 1 aromatic heterocycles. The summed E-state index contributed by atoms with van der Waals surface area (Å²) in [5.74, 6) is 0.805. The van der Waals surface area contributed by atoms with Gasteiger partial charge in [-0.3, -0.25) is 0 Å². The normalized spacial score (nSPS) is 10.5. The molecule has 0 amide bonds. The Morgan fingerprint density at radius 3 is 2.94 bits per heavy atom. The molecule has 0 aliphatic rings. The molecule has 94 valence electrons. The SMILES string of the molecule is C=CCc1ncnc2ccc(OCCOC)cc12. The zero-order valence-electron chi connectivity index (χ0n) is 10.4. The molecule has 2 aromatic rings. The first-order valence-electron chi connectivity index (χ1n) is 5.81. The zero-order chi connectivity index (χ0) is 12.8. The van der Waals surface area contributed by atoms with Gasteiger partial charge in [0, 0.05) is 18.9 Å². The maximum absolute atomic E-state index is 5.58. The van der Waals surface area contributed by atoms with Crippen LogP contribution >= 0.6 is 0 Å². The van der Waals surface area contributed by atoms with Gasteiger partial charge in [0.1, 0.15) is 18.7 Å². The van der Waals surface area contributed by atoms with Crippen LogP contribution in [0.15, 0.2) is 37.2 Å². The quantitative estimate of drug-likeness (QED) is 0.578. The van der Waals surface area contributed by atoms with Gasteiger partial charge in [-0.15, -0.1) is 6.58 Å². The highest BCUT2D eigenvalue weighted by Crippen LogP contribution is 2.21. The average molecular weight is 244 g/mol. The van der Waals surface area contributed by atoms with E-state index < -0.39 is 0 Å². The number of fused-ring (bicyclic) bond motifs is 1. The van der Waals surface area contributed by atoms with Gasteiger partial charge in [0.2, 0.25) is 0 Å². The van der Waals surface area contributed by atoms with E-state index in [4.69, 9.17) is 9.47 Å². The lowest BCUT2D eigenvalue weighted by Crippen LogP contribution is -2.04. The van der Waals surface area contributed by atoms with Gasteiger partial charge in [0.25, 0.3) is 0 Å². The molecule has 18 heavy (non-hydrogen) atoms. The Morgan fingerprint density at radius 2 is 2.17 bits per heavy atom. The van der Waals surface area contributed by atoms with Crippen LogP contribution in [0.25, 0.3) is 10.9 Å². The number of benzene rings is 1. The number of nitrogens with zero attached hydrogens (tertiary/aromatic N) is 2. The van der Waals surface area contributed by atoms with Gasteiger partial charge in [-0.2, -0.15) is 0 Å². The van der Waals surface area contributed by atoms with Crippen LogP contribution in [0.2, 0.25) is 0 Å². The second-order valence-electron chi connectivity index (χ2n) is 3.83. The molecule has 0 spiro atoms. The van der Waals surface area contributed by atoms with Crippen LogP contribution in [0.4, 0.5) is 0 Å². The fourth-order valence-corrected chi connectivity index (χ4v) is 1.72. The Balaban J connectivity index is 2.29. The van der Waals surface area contributed by atoms with E-state index in [9.17, 15) is 0 Å². The minimum atomic E-state index is 0.534. The number of hydrogen-bond donors (Lipinski definition) is 0. The van der Waals surface area contributed by atoms with Gasteiger partial charge < -0.3 is 9.47 Å². The van der Waals surface area contributed by atoms with Crippen molar-refractivity contribution in [2.24, 2.45) is 0 Å². The van der Waals surface area contributed by atoms with E-state index in [2.05, 4.69) is 16.5 Å². The Bertz CT molecular complexity index is 540. The van der Waals surface area contributed by atoms with Gasteiger partial charge in [0.15, 0.2) is 0 Å². The van der Waals surface area contributed by atoms with E-state index in [-0.39, 0.29) is 0 Å². The fourth-order valence-electron chi connectivity index (χ4n) is 1.72. The Kier molecular flexibility index (Phi) is 4.25. The van der Waals surface area contributed by atoms with Gasteiger partial charge >= 0.3 is 0 Å². The Labute approximate surface area is 106 Å². The number of hydrogen-bond acceptors (Lipinski definition) is 4. The molecule has 0 bridgehead atoms. The smallest absolute Gasteiger partial charge is 0.120 e. The van der Waals surface area contributed by atoms with Crippen molar-refractivity contribution in [3.05, 3.63) is 42.9 Å². The van der Waals surface area contributed by atoms with E-state index in [1.807, 2.05) is 24.3 Å². The average Bonchev–Trinajstić information content (AvgIpc) is 2.40. The molecule has 0 saturated heterocycles. The van der Waals surface area contributed by atoms with Crippen LogP contribution in [-0.2, 0) is 11.2 Å². The predicted molar refractivity (Wildman–Crippen MR) is 70.8 cm³/mol. The predicted octanol–water partition coefficient (Wildman–Crippen LogP) is 2.38. The van der Waals surface area contributed by atoms with E-state index in [0.717, 1.165) is 28.8 Å². The maximum Gasteiger partial charge on any atom is 0.120 e. The van der Waals surface area contributed by atoms with E-state index in [1.54, 1.807) is 13.4 Å². The second kappa shape index (κ2) is 6.12.